The Kier molecular flexibility index (Phi) is 4.16. The van der Waals surface area contributed by atoms with E-state index in [2.05, 4.69) is 0 Å². The van der Waals surface area contributed by atoms with Gasteiger partial charge in [-0.25, -0.2) is 0 Å². The maximum Gasteiger partial charge on any atom is 0.461 e. The van der Waals surface area contributed by atoms with Gasteiger partial charge in [0.1, 0.15) is 0 Å². The second kappa shape index (κ2) is 4.20. The first-order chi connectivity index (χ1) is 5.21. The molecule has 0 aromatic rings. The molecule has 0 aliphatic heterocycles. The largest absolute Gasteiger partial charge is 0.461 e. The fourth-order valence-electron chi connectivity index (χ4n) is 0.196. The smallest absolute Gasteiger partial charge is 0.166 e. The van der Waals surface area contributed by atoms with E-state index in [1.165, 1.54) is 3.93 Å². The zero-order chi connectivity index (χ0) is 9.83. The summed E-state index contributed by atoms with van der Waals surface area (Å²) in [7, 11) is 0. The fourth-order valence-corrected chi connectivity index (χ4v) is 1.32. The van der Waals surface area contributed by atoms with E-state index in [-0.39, 0.29) is 0 Å². The second-order valence-corrected chi connectivity index (χ2v) is 3.66. The predicted molar refractivity (Wildman–Crippen MR) is 24.8 cm³/mol. The molecule has 0 radical (unpaired) electrons. The third kappa shape index (κ3) is 9.87. The van der Waals surface area contributed by atoms with Gasteiger partial charge in [-0.15, -0.1) is 0 Å². The fraction of sp³-hybridized carbons (Fsp3) is 0.600. The van der Waals surface area contributed by atoms with Crippen LogP contribution in [0.1, 0.15) is 0 Å². The Bertz CT molecular complexity index is 191. The van der Waals surface area contributed by atoms with E-state index >= 15 is 0 Å². The van der Waals surface area contributed by atoms with Crippen LogP contribution in [0.4, 0.5) is 26.3 Å². The van der Waals surface area contributed by atoms with E-state index in [0.717, 1.165) is 5.92 Å². The van der Waals surface area contributed by atoms with E-state index < -0.39 is 38.0 Å². The summed E-state index contributed by atoms with van der Waals surface area (Å²) in [5.41, 5.74) is 0. The third-order valence-electron chi connectivity index (χ3n) is 0.474. The average molecular weight is 303 g/mol. The van der Waals surface area contributed by atoms with Gasteiger partial charge in [0.05, 0.1) is 5.92 Å². The van der Waals surface area contributed by atoms with Crippen LogP contribution in [-0.4, -0.2) is 16.8 Å². The highest BCUT2D eigenvalue weighted by atomic mass is 127. The molecule has 0 fully saturated rings. The maximum atomic E-state index is 11.4. The Balaban J connectivity index is 3.75. The molecule has 0 bridgehead atoms. The lowest BCUT2D eigenvalue weighted by molar-refractivity contribution is -0.596. The first-order valence-corrected chi connectivity index (χ1v) is 5.05. The summed E-state index contributed by atoms with van der Waals surface area (Å²) in [5, 5.41) is 0. The molecule has 0 spiro atoms. The summed E-state index contributed by atoms with van der Waals surface area (Å²) < 4.78 is 68.1. The summed E-state index contributed by atoms with van der Waals surface area (Å²) in [5.74, 6) is 0.793. The molecule has 0 saturated heterocycles. The van der Waals surface area contributed by atoms with E-state index in [4.69, 9.17) is 0 Å². The molecule has 7 heteroatoms. The number of alkyl halides is 7. The second-order valence-electron chi connectivity index (χ2n) is 1.60. The molecule has 0 heterocycles. The van der Waals surface area contributed by atoms with Crippen molar-refractivity contribution in [3.63, 3.8) is 0 Å². The van der Waals surface area contributed by atoms with Crippen LogP contribution in [0.5, 0.6) is 0 Å². The van der Waals surface area contributed by atoms with Gasteiger partial charge < -0.3 is 0 Å². The van der Waals surface area contributed by atoms with Crippen molar-refractivity contribution in [2.24, 2.45) is 0 Å². The Morgan fingerprint density at radius 3 is 1.83 bits per heavy atom. The van der Waals surface area contributed by atoms with Crippen molar-refractivity contribution in [1.82, 2.24) is 0 Å². The lowest BCUT2D eigenvalue weighted by Crippen LogP contribution is -3.61. The van der Waals surface area contributed by atoms with Gasteiger partial charge in [-0.05, 0) is 0 Å². The van der Waals surface area contributed by atoms with Crippen LogP contribution >= 0.6 is 0 Å². The van der Waals surface area contributed by atoms with E-state index in [1.807, 2.05) is 0 Å². The van der Waals surface area contributed by atoms with E-state index in [0.29, 0.717) is 0 Å². The molecule has 12 heavy (non-hydrogen) atoms. The molecule has 70 valence electrons. The Morgan fingerprint density at radius 2 is 1.50 bits per heavy atom. The number of hydrogen-bond acceptors (Lipinski definition) is 0. The molecular formula is C5H2F6I+. The number of hydrogen-bond donors (Lipinski definition) is 0. The quantitative estimate of drug-likeness (QED) is 0.256. The van der Waals surface area contributed by atoms with Gasteiger partial charge in [0.25, 0.3) is 4.43 Å². The van der Waals surface area contributed by atoms with Crippen molar-refractivity contribution in [3.8, 4) is 9.85 Å². The molecule has 0 aliphatic rings. The molecule has 0 N–H and O–H groups in total. The van der Waals surface area contributed by atoms with Crippen LogP contribution in [0.15, 0.2) is 0 Å². The first kappa shape index (κ1) is 11.9. The molecule has 0 aliphatic carbocycles. The minimum absolute atomic E-state index is 0.793. The van der Waals surface area contributed by atoms with Crippen molar-refractivity contribution in [2.45, 2.75) is 12.4 Å². The summed E-state index contributed by atoms with van der Waals surface area (Å²) in [6.45, 7) is 0. The third-order valence-corrected chi connectivity index (χ3v) is 2.37. The van der Waals surface area contributed by atoms with Crippen LogP contribution in [0.2, 0.25) is 0 Å². The molecule has 0 nitrogen and oxygen atoms in total. The first-order valence-electron chi connectivity index (χ1n) is 2.44. The number of rotatable bonds is 1. The van der Waals surface area contributed by atoms with Crippen LogP contribution < -0.4 is 21.2 Å². The summed E-state index contributed by atoms with van der Waals surface area (Å²) in [4.78, 5) is 0. The van der Waals surface area contributed by atoms with Crippen molar-refractivity contribution in [1.29, 1.82) is 0 Å². The van der Waals surface area contributed by atoms with Gasteiger partial charge in [0, 0.05) is 0 Å². The monoisotopic (exact) mass is 303 g/mol. The molecule has 0 amide bonds. The molecule has 0 aromatic carbocycles. The average Bonchev–Trinajstić information content (AvgIpc) is 1.76. The molecule has 0 aromatic heterocycles. The van der Waals surface area contributed by atoms with Crippen molar-refractivity contribution < 1.29 is 47.5 Å². The molecule has 0 unspecified atom stereocenters. The topological polar surface area (TPSA) is 0 Å². The maximum absolute atomic E-state index is 11.4. The van der Waals surface area contributed by atoms with Gasteiger partial charge in [-0.1, -0.05) is 0 Å². The van der Waals surface area contributed by atoms with Crippen LogP contribution in [0.3, 0.4) is 0 Å². The van der Waals surface area contributed by atoms with Gasteiger partial charge in [-0.3, -0.25) is 0 Å². The van der Waals surface area contributed by atoms with Gasteiger partial charge >= 0.3 is 33.6 Å². The summed E-state index contributed by atoms with van der Waals surface area (Å²) >= 11 is -1.74. The molecular weight excluding hydrogens is 301 g/mol. The SMILES string of the molecule is FC(F)(F)C#C[I+]CC(F)(F)F. The lowest BCUT2D eigenvalue weighted by atomic mass is 10.7. The van der Waals surface area contributed by atoms with Crippen molar-refractivity contribution in [3.05, 3.63) is 0 Å². The zero-order valence-electron chi connectivity index (χ0n) is 5.35. The zero-order valence-corrected chi connectivity index (χ0v) is 7.51. The number of halogens is 7. The lowest BCUT2D eigenvalue weighted by Gasteiger charge is -1.92. The minimum atomic E-state index is -4.68. The molecule has 0 saturated carbocycles. The Hall–Kier alpha value is -0.130. The predicted octanol–water partition coefficient (Wildman–Crippen LogP) is -0.839. The minimum Gasteiger partial charge on any atom is -0.166 e. The van der Waals surface area contributed by atoms with Gasteiger partial charge in [0.2, 0.25) is 0 Å². The normalized spacial score (nSPS) is 12.2. The Labute approximate surface area is 74.6 Å². The van der Waals surface area contributed by atoms with E-state index in [1.54, 1.807) is 0 Å². The van der Waals surface area contributed by atoms with Crippen molar-refractivity contribution in [2.75, 3.05) is 4.43 Å². The highest BCUT2D eigenvalue weighted by Crippen LogP contribution is 2.11. The highest BCUT2D eigenvalue weighted by Gasteiger charge is 2.35. The summed E-state index contributed by atoms with van der Waals surface area (Å²) in [6, 6.07) is 0. The Morgan fingerprint density at radius 1 is 1.00 bits per heavy atom. The van der Waals surface area contributed by atoms with E-state index in [9.17, 15) is 26.3 Å². The van der Waals surface area contributed by atoms with Crippen molar-refractivity contribution >= 4 is 0 Å². The standard InChI is InChI=1S/C5H2F6I/c6-4(7,8)1-2-12-3-5(9,10)11/h3H2/q+1. The van der Waals surface area contributed by atoms with Crippen LogP contribution in [0.25, 0.3) is 0 Å². The molecule has 0 rings (SSSR count). The van der Waals surface area contributed by atoms with Crippen LogP contribution in [0, 0.1) is 9.85 Å². The summed E-state index contributed by atoms with van der Waals surface area (Å²) in [6.07, 6.45) is -9.07. The van der Waals surface area contributed by atoms with Gasteiger partial charge in [0.15, 0.2) is 3.93 Å². The molecule has 0 atom stereocenters. The van der Waals surface area contributed by atoms with Crippen LogP contribution in [-0.2, 0) is 0 Å². The van der Waals surface area contributed by atoms with Gasteiger partial charge in [-0.2, -0.15) is 26.3 Å². The highest BCUT2D eigenvalue weighted by molar-refractivity contribution is 4.97.